The number of ether oxygens (including phenoxy) is 1. The van der Waals surface area contributed by atoms with Gasteiger partial charge in [-0.1, -0.05) is 0 Å². The van der Waals surface area contributed by atoms with E-state index in [4.69, 9.17) is 4.74 Å². The first kappa shape index (κ1) is 8.89. The van der Waals surface area contributed by atoms with Crippen LogP contribution in [0.1, 0.15) is 22.9 Å². The summed E-state index contributed by atoms with van der Waals surface area (Å²) in [6, 6.07) is 2.85. The van der Waals surface area contributed by atoms with Crippen LogP contribution in [0, 0.1) is 5.92 Å². The lowest BCUT2D eigenvalue weighted by molar-refractivity contribution is 0.176. The fourth-order valence-corrected chi connectivity index (χ4v) is 3.45. The van der Waals surface area contributed by atoms with Gasteiger partial charge in [-0.15, -0.1) is 11.3 Å². The highest BCUT2D eigenvalue weighted by Gasteiger charge is 2.30. The van der Waals surface area contributed by atoms with Crippen LogP contribution in [0.25, 0.3) is 0 Å². The van der Waals surface area contributed by atoms with E-state index in [0.29, 0.717) is 12.0 Å². The molecule has 0 spiro atoms. The minimum atomic E-state index is 0.562. The normalized spacial score (nSPS) is 31.7. The van der Waals surface area contributed by atoms with Crippen molar-refractivity contribution in [1.29, 1.82) is 0 Å². The minimum Gasteiger partial charge on any atom is -0.381 e. The highest BCUT2D eigenvalue weighted by Crippen LogP contribution is 2.35. The third-order valence-electron chi connectivity index (χ3n) is 3.27. The summed E-state index contributed by atoms with van der Waals surface area (Å²) >= 11 is 1.91. The van der Waals surface area contributed by atoms with Crippen molar-refractivity contribution < 1.29 is 4.74 Å². The summed E-state index contributed by atoms with van der Waals surface area (Å²) < 4.78 is 5.47. The van der Waals surface area contributed by atoms with Crippen molar-refractivity contribution in [3.05, 3.63) is 21.9 Å². The molecule has 1 N–H and O–H groups in total. The first-order valence-corrected chi connectivity index (χ1v) is 6.20. The Morgan fingerprint density at radius 3 is 3.36 bits per heavy atom. The SMILES string of the molecule is c1cc2c(s1)CCNC2C1CCOC1. The first-order chi connectivity index (χ1) is 6.95. The van der Waals surface area contributed by atoms with Crippen LogP contribution >= 0.6 is 11.3 Å². The molecule has 2 aliphatic heterocycles. The monoisotopic (exact) mass is 209 g/mol. The lowest BCUT2D eigenvalue weighted by atomic mass is 9.90. The summed E-state index contributed by atoms with van der Waals surface area (Å²) in [4.78, 5) is 1.58. The molecule has 76 valence electrons. The molecule has 0 aliphatic carbocycles. The maximum absolute atomic E-state index is 5.47. The lowest BCUT2D eigenvalue weighted by Gasteiger charge is -2.28. The number of hydrogen-bond donors (Lipinski definition) is 1. The highest BCUT2D eigenvalue weighted by atomic mass is 32.1. The molecule has 1 saturated heterocycles. The number of rotatable bonds is 1. The summed E-state index contributed by atoms with van der Waals surface area (Å²) in [6.07, 6.45) is 2.42. The van der Waals surface area contributed by atoms with Gasteiger partial charge in [0.2, 0.25) is 0 Å². The van der Waals surface area contributed by atoms with Crippen LogP contribution < -0.4 is 5.32 Å². The second-order valence-electron chi connectivity index (χ2n) is 4.10. The van der Waals surface area contributed by atoms with Crippen molar-refractivity contribution >= 4 is 11.3 Å². The predicted octanol–water partition coefficient (Wildman–Crippen LogP) is 1.97. The molecular formula is C11H15NOS. The molecule has 0 radical (unpaired) electrons. The van der Waals surface area contributed by atoms with Gasteiger partial charge in [0.25, 0.3) is 0 Å². The van der Waals surface area contributed by atoms with Crippen LogP contribution in [-0.2, 0) is 11.2 Å². The fourth-order valence-electron chi connectivity index (χ4n) is 2.52. The quantitative estimate of drug-likeness (QED) is 0.763. The van der Waals surface area contributed by atoms with Crippen molar-refractivity contribution in [2.24, 2.45) is 5.92 Å². The van der Waals surface area contributed by atoms with Crippen molar-refractivity contribution in [2.75, 3.05) is 19.8 Å². The zero-order valence-electron chi connectivity index (χ0n) is 8.16. The largest absolute Gasteiger partial charge is 0.381 e. The van der Waals surface area contributed by atoms with E-state index in [-0.39, 0.29) is 0 Å². The maximum Gasteiger partial charge on any atom is 0.0513 e. The Kier molecular flexibility index (Phi) is 2.32. The highest BCUT2D eigenvalue weighted by molar-refractivity contribution is 7.10. The molecule has 14 heavy (non-hydrogen) atoms. The number of fused-ring (bicyclic) bond motifs is 1. The van der Waals surface area contributed by atoms with Gasteiger partial charge in [-0.2, -0.15) is 0 Å². The van der Waals surface area contributed by atoms with E-state index >= 15 is 0 Å². The molecule has 0 aromatic carbocycles. The molecule has 2 nitrogen and oxygen atoms in total. The smallest absolute Gasteiger partial charge is 0.0513 e. The fraction of sp³-hybridized carbons (Fsp3) is 0.636. The zero-order valence-corrected chi connectivity index (χ0v) is 8.98. The average Bonchev–Trinajstić information content (AvgIpc) is 2.88. The Morgan fingerprint density at radius 1 is 1.50 bits per heavy atom. The van der Waals surface area contributed by atoms with Gasteiger partial charge in [-0.25, -0.2) is 0 Å². The molecule has 1 aromatic rings. The van der Waals surface area contributed by atoms with Gasteiger partial charge >= 0.3 is 0 Å². The third-order valence-corrected chi connectivity index (χ3v) is 4.26. The Hall–Kier alpha value is -0.380. The molecular weight excluding hydrogens is 194 g/mol. The summed E-state index contributed by atoms with van der Waals surface area (Å²) in [6.45, 7) is 3.02. The molecule has 3 heteroatoms. The lowest BCUT2D eigenvalue weighted by Crippen LogP contribution is -2.34. The van der Waals surface area contributed by atoms with E-state index in [1.165, 1.54) is 18.4 Å². The van der Waals surface area contributed by atoms with Gasteiger partial charge in [-0.05, 0) is 29.9 Å². The molecule has 1 fully saturated rings. The van der Waals surface area contributed by atoms with Gasteiger partial charge in [-0.3, -0.25) is 0 Å². The minimum absolute atomic E-state index is 0.562. The standard InChI is InChI=1S/C11H15NOS/c1-4-12-11(8-2-5-13-7-8)9-3-6-14-10(1)9/h3,6,8,11-12H,1-2,4-5,7H2. The second kappa shape index (κ2) is 3.65. The maximum atomic E-state index is 5.47. The number of thiophene rings is 1. The van der Waals surface area contributed by atoms with Crippen LogP contribution in [0.3, 0.4) is 0 Å². The molecule has 0 bridgehead atoms. The van der Waals surface area contributed by atoms with Gasteiger partial charge in [0.15, 0.2) is 0 Å². The zero-order chi connectivity index (χ0) is 9.38. The Balaban J connectivity index is 1.88. The van der Waals surface area contributed by atoms with Crippen LogP contribution in [0.2, 0.25) is 0 Å². The van der Waals surface area contributed by atoms with Gasteiger partial charge in [0.1, 0.15) is 0 Å². The molecule has 3 rings (SSSR count). The van der Waals surface area contributed by atoms with E-state index in [9.17, 15) is 0 Å². The van der Waals surface area contributed by atoms with Crippen molar-refractivity contribution in [3.8, 4) is 0 Å². The number of nitrogens with one attached hydrogen (secondary N) is 1. The Morgan fingerprint density at radius 2 is 2.50 bits per heavy atom. The molecule has 1 aromatic heterocycles. The topological polar surface area (TPSA) is 21.3 Å². The molecule has 3 heterocycles. The van der Waals surface area contributed by atoms with E-state index in [2.05, 4.69) is 16.8 Å². The summed E-state index contributed by atoms with van der Waals surface area (Å²) in [7, 11) is 0. The average molecular weight is 209 g/mol. The predicted molar refractivity (Wildman–Crippen MR) is 57.7 cm³/mol. The Labute approximate surface area is 88.3 Å². The van der Waals surface area contributed by atoms with Gasteiger partial charge in [0.05, 0.1) is 6.61 Å². The first-order valence-electron chi connectivity index (χ1n) is 5.32. The summed E-state index contributed by atoms with van der Waals surface area (Å²) in [5, 5.41) is 5.85. The molecule has 2 aliphatic rings. The van der Waals surface area contributed by atoms with Gasteiger partial charge in [0, 0.05) is 30.0 Å². The molecule has 2 unspecified atom stereocenters. The van der Waals surface area contributed by atoms with Crippen molar-refractivity contribution in [3.63, 3.8) is 0 Å². The summed E-state index contributed by atoms with van der Waals surface area (Å²) in [5.41, 5.74) is 1.54. The van der Waals surface area contributed by atoms with Crippen LogP contribution in [0.4, 0.5) is 0 Å². The summed E-state index contributed by atoms with van der Waals surface area (Å²) in [5.74, 6) is 0.698. The van der Waals surface area contributed by atoms with E-state index in [0.717, 1.165) is 19.8 Å². The second-order valence-corrected chi connectivity index (χ2v) is 5.11. The molecule has 0 amide bonds. The number of hydrogen-bond acceptors (Lipinski definition) is 3. The third kappa shape index (κ3) is 1.40. The molecule has 2 atom stereocenters. The van der Waals surface area contributed by atoms with E-state index < -0.39 is 0 Å². The van der Waals surface area contributed by atoms with E-state index in [1.54, 1.807) is 4.88 Å². The van der Waals surface area contributed by atoms with Crippen LogP contribution in [0.5, 0.6) is 0 Å². The van der Waals surface area contributed by atoms with Crippen molar-refractivity contribution in [1.82, 2.24) is 5.32 Å². The Bertz CT molecular complexity index is 317. The molecule has 0 saturated carbocycles. The van der Waals surface area contributed by atoms with E-state index in [1.807, 2.05) is 11.3 Å². The van der Waals surface area contributed by atoms with Gasteiger partial charge < -0.3 is 10.1 Å². The van der Waals surface area contributed by atoms with Crippen molar-refractivity contribution in [2.45, 2.75) is 18.9 Å². The van der Waals surface area contributed by atoms with Crippen LogP contribution in [0.15, 0.2) is 11.4 Å². The van der Waals surface area contributed by atoms with Crippen LogP contribution in [-0.4, -0.2) is 19.8 Å².